The third-order valence-electron chi connectivity index (χ3n) is 3.56. The zero-order chi connectivity index (χ0) is 16.4. The molecule has 0 aliphatic carbocycles. The average molecular weight is 403 g/mol. The Bertz CT molecular complexity index is 882. The van der Waals surface area contributed by atoms with Gasteiger partial charge in [0.15, 0.2) is 11.3 Å². The first-order valence-electron chi connectivity index (χ1n) is 7.32. The molecular formula is C18H24N3O2Y-. The van der Waals surface area contributed by atoms with Gasteiger partial charge in [-0.3, -0.25) is 9.48 Å². The molecule has 24 heavy (non-hydrogen) atoms. The summed E-state index contributed by atoms with van der Waals surface area (Å²) >= 11 is 0. The number of aromatic hydroxyl groups is 1. The number of fused-ring (bicyclic) bond motifs is 1. The molecular weight excluding hydrogens is 379 g/mol. The zero-order valence-corrected chi connectivity index (χ0v) is 18.0. The topological polar surface area (TPSA) is 60.1 Å². The number of nitrogens with zero attached hydrogens (tertiary/aromatic N) is 3. The third-order valence-corrected chi connectivity index (χ3v) is 3.56. The summed E-state index contributed by atoms with van der Waals surface area (Å²) in [5.74, 6) is -0.0574. The molecule has 3 aromatic rings. The van der Waals surface area contributed by atoms with Gasteiger partial charge in [0, 0.05) is 53.0 Å². The Morgan fingerprint density at radius 3 is 2.29 bits per heavy atom. The molecule has 6 heteroatoms. The van der Waals surface area contributed by atoms with Gasteiger partial charge in [0.05, 0.1) is 11.1 Å². The van der Waals surface area contributed by atoms with Crippen molar-refractivity contribution in [3.8, 4) is 16.9 Å². The van der Waals surface area contributed by atoms with Crippen LogP contribution in [0.1, 0.15) is 19.4 Å². The van der Waals surface area contributed by atoms with Crippen molar-refractivity contribution in [2.45, 2.75) is 20.8 Å². The normalized spacial score (nSPS) is 9.54. The van der Waals surface area contributed by atoms with Crippen LogP contribution in [0.15, 0.2) is 35.3 Å². The van der Waals surface area contributed by atoms with Crippen LogP contribution in [-0.2, 0) is 46.8 Å². The van der Waals surface area contributed by atoms with Crippen molar-refractivity contribution in [3.05, 3.63) is 53.8 Å². The van der Waals surface area contributed by atoms with E-state index in [4.69, 9.17) is 0 Å². The molecule has 0 spiro atoms. The van der Waals surface area contributed by atoms with Gasteiger partial charge in [-0.2, -0.15) is 5.10 Å². The molecule has 0 atom stereocenters. The maximum atomic E-state index is 12.5. The Morgan fingerprint density at radius 2 is 1.71 bits per heavy atom. The minimum absolute atomic E-state index is 0. The minimum Gasteiger partial charge on any atom is -0.505 e. The van der Waals surface area contributed by atoms with Crippen LogP contribution in [0.5, 0.6) is 5.75 Å². The van der Waals surface area contributed by atoms with Crippen molar-refractivity contribution in [2.75, 3.05) is 0 Å². The summed E-state index contributed by atoms with van der Waals surface area (Å²) in [6, 6.07) is 7.50. The molecule has 2 heterocycles. The van der Waals surface area contributed by atoms with Gasteiger partial charge in [0.1, 0.15) is 0 Å². The van der Waals surface area contributed by atoms with E-state index < -0.39 is 0 Å². The molecule has 127 valence electrons. The van der Waals surface area contributed by atoms with Crippen molar-refractivity contribution >= 4 is 11.0 Å². The van der Waals surface area contributed by atoms with E-state index in [9.17, 15) is 9.90 Å². The molecule has 1 aromatic carbocycles. The fraction of sp³-hybridized carbons (Fsp3) is 0.278. The molecule has 0 saturated heterocycles. The molecule has 0 amide bonds. The van der Waals surface area contributed by atoms with Crippen molar-refractivity contribution in [2.24, 2.45) is 14.1 Å². The van der Waals surface area contributed by atoms with E-state index in [1.807, 2.05) is 45.0 Å². The van der Waals surface area contributed by atoms with E-state index in [0.717, 1.165) is 11.1 Å². The molecule has 1 N–H and O–H groups in total. The quantitative estimate of drug-likeness (QED) is 0.634. The molecule has 3 rings (SSSR count). The summed E-state index contributed by atoms with van der Waals surface area (Å²) in [7, 11) is 3.45. The van der Waals surface area contributed by atoms with Gasteiger partial charge < -0.3 is 17.1 Å². The molecule has 0 bridgehead atoms. The fourth-order valence-electron chi connectivity index (χ4n) is 2.48. The fourth-order valence-corrected chi connectivity index (χ4v) is 2.48. The molecule has 1 radical (unpaired) electrons. The Morgan fingerprint density at radius 1 is 1.12 bits per heavy atom. The molecule has 5 nitrogen and oxygen atoms in total. The van der Waals surface area contributed by atoms with Gasteiger partial charge in [-0.05, 0) is 18.1 Å². The summed E-state index contributed by atoms with van der Waals surface area (Å²) in [6.45, 7) is 5.91. The first kappa shape index (κ1) is 22.5. The number of aromatic nitrogens is 3. The van der Waals surface area contributed by atoms with Crippen molar-refractivity contribution < 1.29 is 37.8 Å². The monoisotopic (exact) mass is 403 g/mol. The van der Waals surface area contributed by atoms with Crippen LogP contribution >= 0.6 is 0 Å². The van der Waals surface area contributed by atoms with E-state index in [2.05, 4.69) is 5.10 Å². The molecule has 2 aromatic heterocycles. The first-order valence-corrected chi connectivity index (χ1v) is 7.32. The number of rotatable bonds is 1. The molecule has 0 aliphatic rings. The maximum Gasteiger partial charge on any atom is 0.262 e. The number of hydrogen-bond acceptors (Lipinski definition) is 3. The Hall–Kier alpha value is -1.46. The number of hydrogen-bond donors (Lipinski definition) is 1. The van der Waals surface area contributed by atoms with Gasteiger partial charge in [-0.1, -0.05) is 38.1 Å². The second kappa shape index (κ2) is 9.14. The van der Waals surface area contributed by atoms with Crippen LogP contribution in [0.3, 0.4) is 0 Å². The Balaban J connectivity index is 0.00000128. The van der Waals surface area contributed by atoms with Gasteiger partial charge in [0.2, 0.25) is 0 Å². The smallest absolute Gasteiger partial charge is 0.262 e. The standard InChI is InChI=1S/C15H15N3O2.C2H6.CH3.Y/c1-9-6-4-5-7-10(9)12-14(19)13-11(8-17(2)16-13)18(3)15(12)20;1-2;;/h4-8,19H,1-3H3;1-2H3;1H3;/q;;-1;. The molecule has 0 fully saturated rings. The predicted octanol–water partition coefficient (Wildman–Crippen LogP) is 3.43. The molecule has 0 saturated carbocycles. The van der Waals surface area contributed by atoms with E-state index in [1.54, 1.807) is 25.0 Å². The Kier molecular flexibility index (Phi) is 8.58. The van der Waals surface area contributed by atoms with Crippen molar-refractivity contribution in [1.82, 2.24) is 14.3 Å². The maximum absolute atomic E-state index is 12.5. The van der Waals surface area contributed by atoms with Crippen LogP contribution in [0.25, 0.3) is 22.2 Å². The summed E-state index contributed by atoms with van der Waals surface area (Å²) in [6.07, 6.45) is 1.72. The SMILES string of the molecule is CC.Cc1ccccc1-c1c(O)c2nn(C)cc2n(C)c1=O.[CH3-].[Y]. The van der Waals surface area contributed by atoms with Crippen LogP contribution in [0, 0.1) is 14.4 Å². The number of pyridine rings is 1. The van der Waals surface area contributed by atoms with Crippen LogP contribution in [0.2, 0.25) is 0 Å². The van der Waals surface area contributed by atoms with E-state index in [1.165, 1.54) is 4.57 Å². The zero-order valence-electron chi connectivity index (χ0n) is 15.2. The van der Waals surface area contributed by atoms with Crippen molar-refractivity contribution in [1.29, 1.82) is 0 Å². The van der Waals surface area contributed by atoms with Crippen LogP contribution in [-0.4, -0.2) is 19.5 Å². The van der Waals surface area contributed by atoms with Gasteiger partial charge in [-0.15, -0.1) is 0 Å². The largest absolute Gasteiger partial charge is 0.505 e. The van der Waals surface area contributed by atoms with Crippen molar-refractivity contribution in [3.63, 3.8) is 0 Å². The van der Waals surface area contributed by atoms with Gasteiger partial charge in [-0.25, -0.2) is 0 Å². The van der Waals surface area contributed by atoms with Gasteiger partial charge in [0.25, 0.3) is 5.56 Å². The third kappa shape index (κ3) is 3.78. The van der Waals surface area contributed by atoms with E-state index in [0.29, 0.717) is 16.6 Å². The van der Waals surface area contributed by atoms with E-state index >= 15 is 0 Å². The second-order valence-electron chi connectivity index (χ2n) is 4.94. The average Bonchev–Trinajstić information content (AvgIpc) is 2.91. The molecule has 0 aliphatic heterocycles. The summed E-state index contributed by atoms with van der Waals surface area (Å²) in [5, 5.41) is 14.7. The van der Waals surface area contributed by atoms with E-state index in [-0.39, 0.29) is 51.4 Å². The first-order chi connectivity index (χ1) is 10.5. The second-order valence-corrected chi connectivity index (χ2v) is 4.94. The Labute approximate surface area is 168 Å². The minimum atomic E-state index is -0.225. The van der Waals surface area contributed by atoms with Crippen LogP contribution < -0.4 is 5.56 Å². The van der Waals surface area contributed by atoms with Crippen LogP contribution in [0.4, 0.5) is 0 Å². The number of benzene rings is 1. The summed E-state index contributed by atoms with van der Waals surface area (Å²) < 4.78 is 3.11. The predicted molar refractivity (Wildman–Crippen MR) is 95.6 cm³/mol. The molecule has 0 unspecified atom stereocenters. The van der Waals surface area contributed by atoms with Gasteiger partial charge >= 0.3 is 0 Å². The summed E-state index contributed by atoms with van der Waals surface area (Å²) in [4.78, 5) is 12.5. The summed E-state index contributed by atoms with van der Waals surface area (Å²) in [5.41, 5.74) is 2.81. The number of aryl methyl sites for hydroxylation is 3.